The third-order valence-corrected chi connectivity index (χ3v) is 9.76. The van der Waals surface area contributed by atoms with Gasteiger partial charge in [0.1, 0.15) is 35.1 Å². The zero-order chi connectivity index (χ0) is 39.1. The molecule has 2 aromatic heterocycles. The van der Waals surface area contributed by atoms with Crippen LogP contribution in [0.25, 0.3) is 0 Å². The van der Waals surface area contributed by atoms with Crippen LogP contribution < -0.4 is 10.6 Å². The van der Waals surface area contributed by atoms with Crippen molar-refractivity contribution in [3.63, 3.8) is 0 Å². The van der Waals surface area contributed by atoms with Gasteiger partial charge in [0.05, 0.1) is 38.7 Å². The first-order valence-corrected chi connectivity index (χ1v) is 18.3. The summed E-state index contributed by atoms with van der Waals surface area (Å²) < 4.78 is 9.49. The Morgan fingerprint density at radius 1 is 0.685 bits per heavy atom. The van der Waals surface area contributed by atoms with Gasteiger partial charge in [-0.1, -0.05) is 53.4 Å². The first-order valence-electron chi connectivity index (χ1n) is 18.3. The van der Waals surface area contributed by atoms with Crippen LogP contribution in [0.5, 0.6) is 0 Å². The van der Waals surface area contributed by atoms with E-state index in [-0.39, 0.29) is 47.6 Å². The monoisotopic (exact) mass is 738 g/mol. The third-order valence-electron chi connectivity index (χ3n) is 9.76. The maximum Gasteiger partial charge on any atom is 0.407 e. The highest BCUT2D eigenvalue weighted by Gasteiger charge is 2.41. The van der Waals surface area contributed by atoms with Gasteiger partial charge in [0.25, 0.3) is 0 Å². The summed E-state index contributed by atoms with van der Waals surface area (Å²) in [6.07, 6.45) is 3.54. The van der Waals surface area contributed by atoms with E-state index in [1.807, 2.05) is 52.0 Å². The molecule has 0 saturated carbocycles. The normalized spacial score (nSPS) is 20.4. The number of nitrogens with zero attached hydrogens (tertiary/aromatic N) is 4. The number of amides is 4. The molecule has 14 nitrogen and oxygen atoms in total. The van der Waals surface area contributed by atoms with Crippen LogP contribution in [0.4, 0.5) is 9.59 Å². The van der Waals surface area contributed by atoms with Crippen molar-refractivity contribution in [2.75, 3.05) is 27.3 Å². The maximum atomic E-state index is 13.6. The van der Waals surface area contributed by atoms with Gasteiger partial charge in [-0.25, -0.2) is 19.6 Å². The number of aromatic amines is 2. The number of carbonyl (C=O) groups excluding carboxylic acids is 4. The van der Waals surface area contributed by atoms with Gasteiger partial charge < -0.3 is 39.9 Å². The van der Waals surface area contributed by atoms with Gasteiger partial charge in [0, 0.05) is 24.2 Å². The number of H-pyrrole nitrogens is 2. The quantitative estimate of drug-likeness (QED) is 0.244. The molecule has 286 valence electrons. The Balaban J connectivity index is 1.23. The molecule has 2 fully saturated rings. The average molecular weight is 739 g/mol. The molecule has 2 aliphatic heterocycles. The number of imidazole rings is 2. The van der Waals surface area contributed by atoms with Crippen LogP contribution in [0.15, 0.2) is 36.7 Å². The van der Waals surface area contributed by atoms with Gasteiger partial charge in [-0.3, -0.25) is 9.59 Å². The summed E-state index contributed by atoms with van der Waals surface area (Å²) in [6, 6.07) is 5.62. The zero-order valence-electron chi connectivity index (χ0n) is 32.1. The molecule has 6 atom stereocenters. The van der Waals surface area contributed by atoms with E-state index in [2.05, 4.69) is 68.1 Å². The number of ether oxygens (including phenoxy) is 2. The smallest absolute Gasteiger partial charge is 0.407 e. The molecule has 0 unspecified atom stereocenters. The van der Waals surface area contributed by atoms with Crippen LogP contribution in [-0.4, -0.2) is 93.1 Å². The summed E-state index contributed by atoms with van der Waals surface area (Å²) in [5.74, 6) is 13.8. The Bertz CT molecular complexity index is 1810. The first kappa shape index (κ1) is 39.4. The van der Waals surface area contributed by atoms with Crippen molar-refractivity contribution < 1.29 is 28.7 Å². The van der Waals surface area contributed by atoms with Crippen LogP contribution >= 0.6 is 0 Å². The Kier molecular flexibility index (Phi) is 12.7. The van der Waals surface area contributed by atoms with Crippen molar-refractivity contribution in [2.24, 2.45) is 23.7 Å². The number of rotatable bonds is 8. The third kappa shape index (κ3) is 9.42. The second-order valence-electron chi connectivity index (χ2n) is 14.9. The first-order chi connectivity index (χ1) is 25.8. The van der Waals surface area contributed by atoms with Crippen LogP contribution in [0.3, 0.4) is 0 Å². The molecule has 0 spiro atoms. The number of carbonyl (C=O) groups is 4. The molecule has 54 heavy (non-hydrogen) atoms. The number of alkyl carbamates (subject to hydrolysis) is 2. The highest BCUT2D eigenvalue weighted by atomic mass is 16.5. The lowest BCUT2D eigenvalue weighted by atomic mass is 10.0. The zero-order valence-corrected chi connectivity index (χ0v) is 32.1. The van der Waals surface area contributed by atoms with Crippen molar-refractivity contribution in [3.05, 3.63) is 70.8 Å². The van der Waals surface area contributed by atoms with Crippen LogP contribution in [0.1, 0.15) is 101 Å². The highest BCUT2D eigenvalue weighted by molar-refractivity contribution is 5.87. The second kappa shape index (κ2) is 17.4. The number of nitrogens with one attached hydrogen (secondary N) is 4. The summed E-state index contributed by atoms with van der Waals surface area (Å²) in [5, 5.41) is 5.36. The SMILES string of the molecule is COC(=O)N[C@H](C(=O)N1C[C@@H](C)C[C@@H]1c1ncc(C#Cc2ccc(C#Cc3cnc([C@@H]4C[C@@H](C)CN4C(=O)[C@@H](NC(=O)OC)C(C)C)[nH]3)cc2)[nH]1)C(C)C. The highest BCUT2D eigenvalue weighted by Crippen LogP contribution is 2.36. The molecular weight excluding hydrogens is 688 g/mol. The van der Waals surface area contributed by atoms with Crippen molar-refractivity contribution in [1.82, 2.24) is 40.4 Å². The molecule has 2 aliphatic rings. The van der Waals surface area contributed by atoms with E-state index < -0.39 is 24.3 Å². The van der Waals surface area contributed by atoms with Gasteiger partial charge >= 0.3 is 12.2 Å². The number of hydrogen-bond acceptors (Lipinski definition) is 8. The van der Waals surface area contributed by atoms with Gasteiger partial charge in [0.2, 0.25) is 11.8 Å². The van der Waals surface area contributed by atoms with Crippen molar-refractivity contribution >= 4 is 24.0 Å². The van der Waals surface area contributed by atoms with Gasteiger partial charge in [-0.05, 0) is 72.6 Å². The molecule has 2 saturated heterocycles. The Labute approximate surface area is 316 Å². The van der Waals surface area contributed by atoms with Gasteiger partial charge in [-0.2, -0.15) is 0 Å². The van der Waals surface area contributed by atoms with Crippen LogP contribution in [0.2, 0.25) is 0 Å². The Morgan fingerprint density at radius 2 is 1.06 bits per heavy atom. The minimum absolute atomic E-state index is 0.125. The molecule has 3 aromatic rings. The maximum absolute atomic E-state index is 13.6. The minimum atomic E-state index is -0.713. The molecule has 14 heteroatoms. The van der Waals surface area contributed by atoms with Gasteiger partial charge in [0.15, 0.2) is 0 Å². The predicted octanol–water partition coefficient (Wildman–Crippen LogP) is 4.51. The standard InChI is InChI=1S/C40H50N8O6/c1-23(2)33(45-39(51)53-7)37(49)47-21-25(5)17-31(47)35-41-19-29(43-35)15-13-27-9-11-28(12-10-27)14-16-30-20-42-36(44-30)32-18-26(6)22-48(32)38(50)34(24(3)4)46-40(52)54-8/h9-12,19-20,23-26,31-34H,17-18,21-22H2,1-8H3,(H,41,43)(H,42,44)(H,45,51)(H,46,52)/t25-,26+,31+,32-,33-,34-/m0/s1. The van der Waals surface area contributed by atoms with E-state index in [0.29, 0.717) is 36.1 Å². The second-order valence-corrected chi connectivity index (χ2v) is 14.9. The number of aromatic nitrogens is 4. The average Bonchev–Trinajstić information content (AvgIpc) is 3.97. The van der Waals surface area contributed by atoms with E-state index in [0.717, 1.165) is 24.0 Å². The molecule has 1 aromatic carbocycles. The van der Waals surface area contributed by atoms with Gasteiger partial charge in [-0.15, -0.1) is 0 Å². The fraction of sp³-hybridized carbons (Fsp3) is 0.500. The van der Waals surface area contributed by atoms with Crippen molar-refractivity contribution in [3.8, 4) is 23.7 Å². The molecule has 4 N–H and O–H groups in total. The summed E-state index contributed by atoms with van der Waals surface area (Å²) in [4.78, 5) is 70.3. The predicted molar refractivity (Wildman–Crippen MR) is 200 cm³/mol. The van der Waals surface area contributed by atoms with E-state index in [9.17, 15) is 19.2 Å². The number of hydrogen-bond donors (Lipinski definition) is 4. The molecule has 0 aliphatic carbocycles. The van der Waals surface area contributed by atoms with Crippen molar-refractivity contribution in [1.29, 1.82) is 0 Å². The molecule has 4 heterocycles. The lowest BCUT2D eigenvalue weighted by molar-refractivity contribution is -0.136. The summed E-state index contributed by atoms with van der Waals surface area (Å²) in [5.41, 5.74) is 2.84. The van der Waals surface area contributed by atoms with E-state index >= 15 is 0 Å². The fourth-order valence-electron chi connectivity index (χ4n) is 6.91. The lowest BCUT2D eigenvalue weighted by Crippen LogP contribution is -2.51. The summed E-state index contributed by atoms with van der Waals surface area (Å²) in [7, 11) is 2.56. The number of likely N-dealkylation sites (tertiary alicyclic amines) is 2. The topological polar surface area (TPSA) is 175 Å². The summed E-state index contributed by atoms with van der Waals surface area (Å²) in [6.45, 7) is 12.8. The number of methoxy groups -OCH3 is 2. The molecule has 0 bridgehead atoms. The Hall–Kier alpha value is -5.76. The largest absolute Gasteiger partial charge is 0.453 e. The lowest BCUT2D eigenvalue weighted by Gasteiger charge is -2.30. The van der Waals surface area contributed by atoms with Crippen LogP contribution in [-0.2, 0) is 19.1 Å². The van der Waals surface area contributed by atoms with Crippen LogP contribution in [0, 0.1) is 47.4 Å². The summed E-state index contributed by atoms with van der Waals surface area (Å²) >= 11 is 0. The van der Waals surface area contributed by atoms with E-state index in [4.69, 9.17) is 9.47 Å². The molecular formula is C40H50N8O6. The molecule has 4 amide bonds. The Morgan fingerprint density at radius 3 is 1.39 bits per heavy atom. The number of benzene rings is 1. The van der Waals surface area contributed by atoms with Crippen molar-refractivity contribution in [2.45, 2.75) is 78.6 Å². The molecule has 5 rings (SSSR count). The molecule has 0 radical (unpaired) electrons. The van der Waals surface area contributed by atoms with E-state index in [1.165, 1.54) is 14.2 Å². The minimum Gasteiger partial charge on any atom is -0.453 e. The fourth-order valence-corrected chi connectivity index (χ4v) is 6.91. The van der Waals surface area contributed by atoms with E-state index in [1.54, 1.807) is 22.2 Å².